The Kier molecular flexibility index (Phi) is 7.22. The van der Waals surface area contributed by atoms with Crippen molar-refractivity contribution in [2.75, 3.05) is 18.6 Å². The van der Waals surface area contributed by atoms with Crippen molar-refractivity contribution in [2.24, 2.45) is 0 Å². The number of carbonyl (C=O) groups is 1. The predicted molar refractivity (Wildman–Crippen MR) is 115 cm³/mol. The largest absolute Gasteiger partial charge is 0.416 e. The van der Waals surface area contributed by atoms with Crippen molar-refractivity contribution in [2.45, 2.75) is 33.2 Å². The van der Waals surface area contributed by atoms with E-state index in [0.717, 1.165) is 12.1 Å². The third kappa shape index (κ3) is 4.47. The maximum Gasteiger partial charge on any atom is 0.416 e. The second-order valence-corrected chi connectivity index (χ2v) is 6.84. The van der Waals surface area contributed by atoms with Crippen LogP contribution in [-0.2, 0) is 17.5 Å². The van der Waals surface area contributed by atoms with Gasteiger partial charge >= 0.3 is 6.18 Å². The van der Waals surface area contributed by atoms with Gasteiger partial charge in [-0.3, -0.25) is 9.48 Å². The van der Waals surface area contributed by atoms with Crippen LogP contribution in [0.2, 0.25) is 0 Å². The van der Waals surface area contributed by atoms with Crippen molar-refractivity contribution < 1.29 is 22.7 Å². The van der Waals surface area contributed by atoms with Crippen LogP contribution in [0.15, 0.2) is 36.7 Å². The number of rotatable bonds is 4. The number of anilines is 1. The van der Waals surface area contributed by atoms with E-state index in [9.17, 15) is 18.0 Å². The van der Waals surface area contributed by atoms with Crippen LogP contribution in [0.1, 0.15) is 42.3 Å². The number of hydrogen-bond acceptors (Lipinski definition) is 4. The topological polar surface area (TPSA) is 76.0 Å². The normalized spacial score (nSPS) is 15.8. The van der Waals surface area contributed by atoms with Crippen LogP contribution in [0.5, 0.6) is 0 Å². The smallest absolute Gasteiger partial charge is 0.377 e. The minimum Gasteiger partial charge on any atom is -0.377 e. The molecule has 0 saturated heterocycles. The van der Waals surface area contributed by atoms with Gasteiger partial charge in [-0.15, -0.1) is 0 Å². The van der Waals surface area contributed by atoms with E-state index in [1.54, 1.807) is 24.2 Å². The maximum atomic E-state index is 13.2. The molecule has 0 unspecified atom stereocenters. The highest BCUT2D eigenvalue weighted by Crippen LogP contribution is 2.34. The van der Waals surface area contributed by atoms with Crippen LogP contribution in [0.25, 0.3) is 11.3 Å². The van der Waals surface area contributed by atoms with E-state index in [1.807, 2.05) is 6.92 Å². The lowest BCUT2D eigenvalue weighted by molar-refractivity contribution is -0.137. The van der Waals surface area contributed by atoms with E-state index < -0.39 is 11.7 Å². The molecule has 0 aliphatic carbocycles. The van der Waals surface area contributed by atoms with Crippen molar-refractivity contribution in [1.29, 1.82) is 0 Å². The Bertz CT molecular complexity index is 1050. The molecule has 1 amide bonds. The van der Waals surface area contributed by atoms with Gasteiger partial charge in [0, 0.05) is 19.3 Å². The van der Waals surface area contributed by atoms with Crippen molar-refractivity contribution in [3.05, 3.63) is 53.7 Å². The molecular weight excluding hydrogens is 431 g/mol. The summed E-state index contributed by atoms with van der Waals surface area (Å²) in [5, 5.41) is 4.34. The molecule has 0 fully saturated rings. The third-order valence-electron chi connectivity index (χ3n) is 4.81. The average Bonchev–Trinajstić information content (AvgIpc) is 3.31. The molecule has 2 aromatic heterocycles. The number of halogens is 3. The Balaban J connectivity index is 0.00000171. The summed E-state index contributed by atoms with van der Waals surface area (Å²) in [7, 11) is 1.55. The van der Waals surface area contributed by atoms with Gasteiger partial charge in [0.05, 0.1) is 35.3 Å². The fourth-order valence-corrected chi connectivity index (χ4v) is 3.42. The van der Waals surface area contributed by atoms with Crippen molar-refractivity contribution in [3.63, 3.8) is 0 Å². The van der Waals surface area contributed by atoms with E-state index in [1.165, 1.54) is 17.0 Å². The number of carbonyl (C=O) groups excluding carboxylic acids is 1. The summed E-state index contributed by atoms with van der Waals surface area (Å²) in [4.78, 5) is 22.0. The van der Waals surface area contributed by atoms with E-state index in [2.05, 4.69) is 15.1 Å². The number of methoxy groups -OCH3 is 1. The van der Waals surface area contributed by atoms with Crippen LogP contribution in [0, 0.1) is 0 Å². The summed E-state index contributed by atoms with van der Waals surface area (Å²) in [5.41, 5.74) is 1.20. The number of aromatic amines is 1. The SMILES string of the molecule is C.COCc1ncc(-c2cnn3c2C(=O)N(c2ccc(C(F)(F)F)cc2)C[C@@H]3C)[nH]1.S. The highest BCUT2D eigenvalue weighted by molar-refractivity contribution is 7.59. The van der Waals surface area contributed by atoms with Gasteiger partial charge < -0.3 is 14.6 Å². The molecule has 1 atom stereocenters. The number of alkyl halides is 3. The van der Waals surface area contributed by atoms with Gasteiger partial charge in [-0.05, 0) is 31.2 Å². The summed E-state index contributed by atoms with van der Waals surface area (Å²) in [6.45, 7) is 2.49. The lowest BCUT2D eigenvalue weighted by atomic mass is 10.1. The highest BCUT2D eigenvalue weighted by Gasteiger charge is 2.35. The van der Waals surface area contributed by atoms with E-state index >= 15 is 0 Å². The molecule has 0 radical (unpaired) electrons. The number of H-pyrrole nitrogens is 1. The molecule has 3 heterocycles. The fourth-order valence-electron chi connectivity index (χ4n) is 3.42. The Morgan fingerprint density at radius 3 is 2.52 bits per heavy atom. The van der Waals surface area contributed by atoms with Gasteiger partial charge in [0.2, 0.25) is 0 Å². The number of imidazole rings is 1. The Labute approximate surface area is 184 Å². The molecule has 31 heavy (non-hydrogen) atoms. The zero-order valence-electron chi connectivity index (χ0n) is 16.2. The van der Waals surface area contributed by atoms with Crippen molar-refractivity contribution >= 4 is 25.1 Å². The molecular formula is C20H24F3N5O2S. The molecule has 4 rings (SSSR count). The molecule has 1 aliphatic heterocycles. The second kappa shape index (κ2) is 9.15. The number of ether oxygens (including phenoxy) is 1. The summed E-state index contributed by atoms with van der Waals surface area (Å²) in [6, 6.07) is 4.43. The van der Waals surface area contributed by atoms with Crippen LogP contribution >= 0.6 is 13.5 Å². The number of benzene rings is 1. The first kappa shape index (κ1) is 24.5. The van der Waals surface area contributed by atoms with Crippen LogP contribution < -0.4 is 4.90 Å². The zero-order valence-corrected chi connectivity index (χ0v) is 17.2. The summed E-state index contributed by atoms with van der Waals surface area (Å²) in [6.07, 6.45) is -1.24. The molecule has 0 spiro atoms. The van der Waals surface area contributed by atoms with Gasteiger partial charge in [0.1, 0.15) is 18.1 Å². The number of amides is 1. The van der Waals surface area contributed by atoms with Crippen molar-refractivity contribution in [1.82, 2.24) is 19.7 Å². The molecule has 0 saturated carbocycles. The summed E-state index contributed by atoms with van der Waals surface area (Å²) < 4.78 is 45.2. The number of nitrogens with zero attached hydrogens (tertiary/aromatic N) is 4. The summed E-state index contributed by atoms with van der Waals surface area (Å²) in [5.74, 6) is 0.275. The predicted octanol–water partition coefficient (Wildman–Crippen LogP) is 4.41. The molecule has 11 heteroatoms. The first-order chi connectivity index (χ1) is 13.8. The van der Waals surface area contributed by atoms with Gasteiger partial charge in [-0.25, -0.2) is 4.98 Å². The van der Waals surface area contributed by atoms with Crippen molar-refractivity contribution in [3.8, 4) is 11.3 Å². The monoisotopic (exact) mass is 455 g/mol. The van der Waals surface area contributed by atoms with E-state index in [0.29, 0.717) is 41.6 Å². The van der Waals surface area contributed by atoms with Crippen LogP contribution in [0.4, 0.5) is 18.9 Å². The number of fused-ring (bicyclic) bond motifs is 1. The Morgan fingerprint density at radius 2 is 1.90 bits per heavy atom. The van der Waals surface area contributed by atoms with E-state index in [-0.39, 0.29) is 32.9 Å². The Morgan fingerprint density at radius 1 is 1.23 bits per heavy atom. The van der Waals surface area contributed by atoms with Gasteiger partial charge in [-0.2, -0.15) is 31.8 Å². The standard InChI is InChI=1S/C19H18F3N5O2.CH4.H2S/c1-11-9-26(13-5-3-12(4-6-13)19(20,21)22)18(28)17-14(7-24-27(11)17)15-8-23-16(25-15)10-29-2;;/h3-8,11H,9-10H2,1-2H3,(H,23,25);1H4;1H2/t11-;;/m0../s1. The quantitative estimate of drug-likeness (QED) is 0.632. The second-order valence-electron chi connectivity index (χ2n) is 6.84. The third-order valence-corrected chi connectivity index (χ3v) is 4.81. The molecule has 1 aliphatic rings. The first-order valence-corrected chi connectivity index (χ1v) is 8.89. The number of hydrogen-bond donors (Lipinski definition) is 1. The first-order valence-electron chi connectivity index (χ1n) is 8.89. The van der Waals surface area contributed by atoms with Crippen LogP contribution in [0.3, 0.4) is 0 Å². The molecule has 0 bridgehead atoms. The molecule has 1 aromatic carbocycles. The molecule has 168 valence electrons. The average molecular weight is 456 g/mol. The fraction of sp³-hybridized carbons (Fsp3) is 0.350. The van der Waals surface area contributed by atoms with Crippen LogP contribution in [-0.4, -0.2) is 39.3 Å². The number of aromatic nitrogens is 4. The number of nitrogens with one attached hydrogen (secondary N) is 1. The molecule has 7 nitrogen and oxygen atoms in total. The highest BCUT2D eigenvalue weighted by atomic mass is 32.1. The van der Waals surface area contributed by atoms with Gasteiger partial charge in [0.15, 0.2) is 0 Å². The van der Waals surface area contributed by atoms with Gasteiger partial charge in [-0.1, -0.05) is 7.43 Å². The van der Waals surface area contributed by atoms with E-state index in [4.69, 9.17) is 4.74 Å². The molecule has 3 aromatic rings. The Hall–Kier alpha value is -2.79. The summed E-state index contributed by atoms with van der Waals surface area (Å²) >= 11 is 0. The lowest BCUT2D eigenvalue weighted by Crippen LogP contribution is -2.42. The minimum atomic E-state index is -4.43. The maximum absolute atomic E-state index is 13.2. The van der Waals surface area contributed by atoms with Gasteiger partial charge in [0.25, 0.3) is 5.91 Å². The minimum absolute atomic E-state index is 0. The lowest BCUT2D eigenvalue weighted by Gasteiger charge is -2.32. The zero-order chi connectivity index (χ0) is 20.8. The molecule has 1 N–H and O–H groups in total.